The van der Waals surface area contributed by atoms with Crippen molar-refractivity contribution >= 4 is 34.6 Å². The summed E-state index contributed by atoms with van der Waals surface area (Å²) in [7, 11) is 0. The molecule has 6 nitrogen and oxygen atoms in total. The van der Waals surface area contributed by atoms with Crippen LogP contribution >= 0.6 is 11.6 Å². The van der Waals surface area contributed by atoms with E-state index >= 15 is 0 Å². The van der Waals surface area contributed by atoms with Gasteiger partial charge in [0.1, 0.15) is 5.60 Å². The average Bonchev–Trinajstić information content (AvgIpc) is 2.91. The summed E-state index contributed by atoms with van der Waals surface area (Å²) >= 11 is 6.24. The first-order chi connectivity index (χ1) is 13.2. The zero-order valence-electron chi connectivity index (χ0n) is 16.9. The second kappa shape index (κ2) is 8.03. The molecule has 3 rings (SSSR count). The Morgan fingerprint density at radius 1 is 1.25 bits per heavy atom. The van der Waals surface area contributed by atoms with E-state index in [9.17, 15) is 9.59 Å². The number of halogens is 1. The average molecular weight is 407 g/mol. The van der Waals surface area contributed by atoms with Crippen LogP contribution in [0.2, 0.25) is 5.02 Å². The van der Waals surface area contributed by atoms with Crippen molar-refractivity contribution in [3.05, 3.63) is 34.5 Å². The highest BCUT2D eigenvalue weighted by Gasteiger charge is 2.29. The van der Waals surface area contributed by atoms with Crippen LogP contribution in [0.25, 0.3) is 10.9 Å². The van der Waals surface area contributed by atoms with Crippen LogP contribution < -0.4 is 0 Å². The smallest absolute Gasteiger partial charge is 0.410 e. The topological polar surface area (TPSA) is 60.8 Å². The Kier molecular flexibility index (Phi) is 5.89. The van der Waals surface area contributed by atoms with Crippen molar-refractivity contribution < 1.29 is 19.1 Å². The van der Waals surface area contributed by atoms with Crippen molar-refractivity contribution in [2.75, 3.05) is 13.2 Å². The van der Waals surface area contributed by atoms with Crippen LogP contribution in [0.5, 0.6) is 0 Å². The summed E-state index contributed by atoms with van der Waals surface area (Å²) in [5.41, 5.74) is 2.69. The van der Waals surface area contributed by atoms with Gasteiger partial charge in [0.15, 0.2) is 0 Å². The maximum Gasteiger partial charge on any atom is 0.410 e. The van der Waals surface area contributed by atoms with Gasteiger partial charge in [-0.3, -0.25) is 4.79 Å². The van der Waals surface area contributed by atoms with Gasteiger partial charge >= 0.3 is 12.1 Å². The molecule has 2 aromatic rings. The summed E-state index contributed by atoms with van der Waals surface area (Å²) in [4.78, 5) is 26.1. The molecule has 0 atom stereocenters. The van der Waals surface area contributed by atoms with Crippen molar-refractivity contribution in [1.82, 2.24) is 9.47 Å². The third-order valence-electron chi connectivity index (χ3n) is 4.71. The quantitative estimate of drug-likeness (QED) is 0.699. The minimum atomic E-state index is -0.533. The van der Waals surface area contributed by atoms with Gasteiger partial charge in [0.2, 0.25) is 0 Å². The molecule has 28 heavy (non-hydrogen) atoms. The molecule has 1 aliphatic heterocycles. The van der Waals surface area contributed by atoms with Gasteiger partial charge in [-0.2, -0.15) is 0 Å². The van der Waals surface area contributed by atoms with E-state index in [1.54, 1.807) is 11.8 Å². The number of fused-ring (bicyclic) bond motifs is 3. The van der Waals surface area contributed by atoms with Crippen LogP contribution in [-0.4, -0.2) is 40.3 Å². The van der Waals surface area contributed by atoms with Crippen LogP contribution in [0.15, 0.2) is 18.2 Å². The number of aryl methyl sites for hydroxylation is 1. The Bertz CT molecular complexity index is 898. The zero-order chi connectivity index (χ0) is 20.5. The van der Waals surface area contributed by atoms with E-state index in [2.05, 4.69) is 4.57 Å². The number of benzene rings is 1. The number of carbonyl (C=O) groups is 2. The predicted octanol–water partition coefficient (Wildman–Crippen LogP) is 4.54. The summed E-state index contributed by atoms with van der Waals surface area (Å²) in [6, 6.07) is 5.75. The summed E-state index contributed by atoms with van der Waals surface area (Å²) in [6.07, 6.45) is 0.694. The van der Waals surface area contributed by atoms with E-state index in [0.29, 0.717) is 44.1 Å². The summed E-state index contributed by atoms with van der Waals surface area (Å²) in [5, 5.41) is 1.66. The lowest BCUT2D eigenvalue weighted by Crippen LogP contribution is -2.40. The summed E-state index contributed by atoms with van der Waals surface area (Å²) < 4.78 is 12.8. The Labute approximate surface area is 170 Å². The van der Waals surface area contributed by atoms with Gasteiger partial charge in [-0.05, 0) is 45.9 Å². The second-order valence-corrected chi connectivity index (χ2v) is 8.38. The lowest BCUT2D eigenvalue weighted by atomic mass is 10.0. The second-order valence-electron chi connectivity index (χ2n) is 7.95. The molecule has 1 aromatic carbocycles. The Morgan fingerprint density at radius 3 is 2.68 bits per heavy atom. The first-order valence-corrected chi connectivity index (χ1v) is 10.0. The molecule has 2 heterocycles. The van der Waals surface area contributed by atoms with Gasteiger partial charge in [-0.1, -0.05) is 11.6 Å². The normalized spacial score (nSPS) is 14.1. The van der Waals surface area contributed by atoms with Crippen molar-refractivity contribution in [2.45, 2.75) is 59.2 Å². The predicted molar refractivity (Wildman–Crippen MR) is 109 cm³/mol. The van der Waals surface area contributed by atoms with Crippen LogP contribution in [0.4, 0.5) is 4.79 Å². The number of hydrogen-bond donors (Lipinski definition) is 0. The number of aromatic nitrogens is 1. The largest absolute Gasteiger partial charge is 0.466 e. The van der Waals surface area contributed by atoms with E-state index in [-0.39, 0.29) is 12.1 Å². The van der Waals surface area contributed by atoms with Gasteiger partial charge < -0.3 is 18.9 Å². The fourth-order valence-corrected chi connectivity index (χ4v) is 3.77. The number of carbonyl (C=O) groups excluding carboxylic acids is 2. The SMILES string of the molecule is CCOC(=O)CCn1c2c(c3cc(Cl)ccc31)CN(C(=O)OC(C)(C)C)CC2. The van der Waals surface area contributed by atoms with Gasteiger partial charge in [0.05, 0.1) is 19.6 Å². The van der Waals surface area contributed by atoms with Crippen LogP contribution in [0, 0.1) is 0 Å². The van der Waals surface area contributed by atoms with Gasteiger partial charge in [0.25, 0.3) is 0 Å². The molecule has 0 unspecified atom stereocenters. The fraction of sp³-hybridized carbons (Fsp3) is 0.524. The van der Waals surface area contributed by atoms with Crippen LogP contribution in [0.3, 0.4) is 0 Å². The molecular weight excluding hydrogens is 380 g/mol. The molecule has 152 valence electrons. The molecule has 0 saturated carbocycles. The highest BCUT2D eigenvalue weighted by atomic mass is 35.5. The summed E-state index contributed by atoms with van der Waals surface area (Å²) in [6.45, 7) is 9.35. The molecule has 0 saturated heterocycles. The fourth-order valence-electron chi connectivity index (χ4n) is 3.60. The number of hydrogen-bond acceptors (Lipinski definition) is 4. The lowest BCUT2D eigenvalue weighted by molar-refractivity contribution is -0.143. The minimum Gasteiger partial charge on any atom is -0.466 e. The summed E-state index contributed by atoms with van der Waals surface area (Å²) in [5.74, 6) is -0.210. The van der Waals surface area contributed by atoms with Gasteiger partial charge in [0, 0.05) is 46.7 Å². The third kappa shape index (κ3) is 4.43. The molecular formula is C21H27ClN2O4. The van der Waals surface area contributed by atoms with Gasteiger partial charge in [-0.15, -0.1) is 0 Å². The third-order valence-corrected chi connectivity index (χ3v) is 4.95. The monoisotopic (exact) mass is 406 g/mol. The molecule has 1 aliphatic rings. The van der Waals surface area contributed by atoms with Crippen molar-refractivity contribution in [3.8, 4) is 0 Å². The molecule has 0 N–H and O–H groups in total. The van der Waals surface area contributed by atoms with Gasteiger partial charge in [-0.25, -0.2) is 4.79 Å². The number of amides is 1. The van der Waals surface area contributed by atoms with Crippen LogP contribution in [0.1, 0.15) is 45.4 Å². The molecule has 0 spiro atoms. The van der Waals surface area contributed by atoms with Crippen molar-refractivity contribution in [3.63, 3.8) is 0 Å². The Hall–Kier alpha value is -2.21. The van der Waals surface area contributed by atoms with E-state index in [1.807, 2.05) is 39.0 Å². The number of rotatable bonds is 4. The van der Waals surface area contributed by atoms with E-state index in [1.165, 1.54) is 0 Å². The molecule has 0 fully saturated rings. The van der Waals surface area contributed by atoms with Crippen molar-refractivity contribution in [2.24, 2.45) is 0 Å². The molecule has 1 amide bonds. The maximum atomic E-state index is 12.5. The highest BCUT2D eigenvalue weighted by Crippen LogP contribution is 2.33. The number of esters is 1. The van der Waals surface area contributed by atoms with Crippen LogP contribution in [-0.2, 0) is 33.8 Å². The molecule has 0 aliphatic carbocycles. The number of nitrogens with zero attached hydrogens (tertiary/aromatic N) is 2. The first-order valence-electron chi connectivity index (χ1n) is 9.62. The van der Waals surface area contributed by atoms with E-state index < -0.39 is 5.60 Å². The van der Waals surface area contributed by atoms with E-state index in [0.717, 1.165) is 22.2 Å². The Balaban J connectivity index is 1.92. The Morgan fingerprint density at radius 2 is 2.00 bits per heavy atom. The highest BCUT2D eigenvalue weighted by molar-refractivity contribution is 6.31. The number of ether oxygens (including phenoxy) is 2. The molecule has 1 aromatic heterocycles. The lowest BCUT2D eigenvalue weighted by Gasteiger charge is -2.30. The maximum absolute atomic E-state index is 12.5. The standard InChI is InChI=1S/C21H27ClN2O4/c1-5-27-19(25)9-11-24-17-7-6-14(22)12-15(17)16-13-23(10-8-18(16)24)20(26)28-21(2,3)4/h6-7,12H,5,8-11,13H2,1-4H3. The minimum absolute atomic E-state index is 0.210. The first kappa shape index (κ1) is 20.5. The van der Waals surface area contributed by atoms with E-state index in [4.69, 9.17) is 21.1 Å². The zero-order valence-corrected chi connectivity index (χ0v) is 17.6. The van der Waals surface area contributed by atoms with Crippen molar-refractivity contribution in [1.29, 1.82) is 0 Å². The molecule has 7 heteroatoms. The molecule has 0 bridgehead atoms. The molecule has 0 radical (unpaired) electrons.